The van der Waals surface area contributed by atoms with Crippen molar-refractivity contribution in [3.05, 3.63) is 69.6 Å². The fraction of sp³-hybridized carbons (Fsp3) is 0.125. The number of carbonyl (C=O) groups excluding carboxylic acids is 1. The van der Waals surface area contributed by atoms with Gasteiger partial charge in [0.1, 0.15) is 0 Å². The smallest absolute Gasteiger partial charge is 0.323 e. The highest BCUT2D eigenvalue weighted by atomic mass is 16.2. The second kappa shape index (κ2) is 5.28. The molecule has 3 aromatic rings. The highest BCUT2D eigenvalue weighted by Crippen LogP contribution is 2.11. The van der Waals surface area contributed by atoms with Gasteiger partial charge in [-0.2, -0.15) is 0 Å². The summed E-state index contributed by atoms with van der Waals surface area (Å²) in [5.41, 5.74) is 3.79. The molecule has 0 bridgehead atoms. The number of rotatable bonds is 3. The fourth-order valence-electron chi connectivity index (χ4n) is 2.26. The molecule has 1 amide bonds. The summed E-state index contributed by atoms with van der Waals surface area (Å²) in [7, 11) is 0. The van der Waals surface area contributed by atoms with Crippen LogP contribution in [-0.4, -0.2) is 15.9 Å². The van der Waals surface area contributed by atoms with E-state index in [2.05, 4.69) is 15.3 Å². The van der Waals surface area contributed by atoms with Crippen LogP contribution in [-0.2, 0) is 6.54 Å². The normalized spacial score (nSPS) is 10.7. The van der Waals surface area contributed by atoms with E-state index in [1.807, 2.05) is 31.2 Å². The summed E-state index contributed by atoms with van der Waals surface area (Å²) in [4.78, 5) is 28.7. The van der Waals surface area contributed by atoms with Gasteiger partial charge in [0, 0.05) is 12.1 Å². The maximum absolute atomic E-state index is 12.2. The van der Waals surface area contributed by atoms with Crippen LogP contribution in [0.1, 0.15) is 21.5 Å². The molecular formula is C16H15N3O2. The Hall–Kier alpha value is -2.82. The molecule has 0 atom stereocenters. The van der Waals surface area contributed by atoms with E-state index in [0.717, 1.165) is 11.1 Å². The average molecular weight is 281 g/mol. The number of aromatic nitrogens is 2. The number of hydrogen-bond acceptors (Lipinski definition) is 2. The molecular weight excluding hydrogens is 266 g/mol. The number of H-pyrrole nitrogens is 2. The van der Waals surface area contributed by atoms with Crippen LogP contribution in [0.15, 0.2) is 47.3 Å². The maximum atomic E-state index is 12.2. The largest absolute Gasteiger partial charge is 0.348 e. The second-order valence-corrected chi connectivity index (χ2v) is 4.95. The number of nitrogens with one attached hydrogen (secondary N) is 3. The molecule has 2 aromatic carbocycles. The molecule has 0 unspecified atom stereocenters. The van der Waals surface area contributed by atoms with Crippen molar-refractivity contribution >= 4 is 16.9 Å². The van der Waals surface area contributed by atoms with Gasteiger partial charge in [-0.25, -0.2) is 4.79 Å². The summed E-state index contributed by atoms with van der Waals surface area (Å²) in [5, 5.41) is 2.89. The number of aryl methyl sites for hydroxylation is 1. The lowest BCUT2D eigenvalue weighted by Crippen LogP contribution is -2.23. The molecule has 1 heterocycles. The Morgan fingerprint density at radius 2 is 1.86 bits per heavy atom. The Balaban J connectivity index is 1.77. The van der Waals surface area contributed by atoms with Crippen molar-refractivity contribution in [2.75, 3.05) is 0 Å². The van der Waals surface area contributed by atoms with Gasteiger partial charge in [-0.1, -0.05) is 24.3 Å². The van der Waals surface area contributed by atoms with Crippen molar-refractivity contribution in [1.29, 1.82) is 0 Å². The topological polar surface area (TPSA) is 77.8 Å². The molecule has 0 radical (unpaired) electrons. The van der Waals surface area contributed by atoms with Crippen LogP contribution < -0.4 is 11.0 Å². The summed E-state index contributed by atoms with van der Waals surface area (Å²) < 4.78 is 0. The van der Waals surface area contributed by atoms with Crippen molar-refractivity contribution in [3.63, 3.8) is 0 Å². The molecule has 0 saturated carbocycles. The first-order valence-corrected chi connectivity index (χ1v) is 6.68. The summed E-state index contributed by atoms with van der Waals surface area (Å²) >= 11 is 0. The van der Waals surface area contributed by atoms with Crippen LogP contribution >= 0.6 is 0 Å². The first-order valence-electron chi connectivity index (χ1n) is 6.68. The molecule has 3 N–H and O–H groups in total. The molecule has 3 rings (SSSR count). The van der Waals surface area contributed by atoms with Gasteiger partial charge in [0.25, 0.3) is 5.91 Å². The highest BCUT2D eigenvalue weighted by Gasteiger charge is 2.08. The Morgan fingerprint density at radius 1 is 1.10 bits per heavy atom. The van der Waals surface area contributed by atoms with Crippen molar-refractivity contribution < 1.29 is 4.79 Å². The standard InChI is InChI=1S/C16H15N3O2/c1-10-4-2-3-5-12(10)9-17-15(20)11-6-7-13-14(8-11)19-16(21)18-13/h2-8H,9H2,1H3,(H,17,20)(H2,18,19,21). The van der Waals surface area contributed by atoms with E-state index in [9.17, 15) is 9.59 Å². The van der Waals surface area contributed by atoms with Gasteiger partial charge in [0.05, 0.1) is 11.0 Å². The van der Waals surface area contributed by atoms with Gasteiger partial charge in [-0.15, -0.1) is 0 Å². The van der Waals surface area contributed by atoms with Crippen molar-refractivity contribution in [1.82, 2.24) is 15.3 Å². The zero-order valence-electron chi connectivity index (χ0n) is 11.6. The zero-order chi connectivity index (χ0) is 14.8. The van der Waals surface area contributed by atoms with Crippen LogP contribution in [0.25, 0.3) is 11.0 Å². The minimum Gasteiger partial charge on any atom is -0.348 e. The Labute approximate surface area is 121 Å². The van der Waals surface area contributed by atoms with Crippen molar-refractivity contribution in [3.8, 4) is 0 Å². The van der Waals surface area contributed by atoms with Gasteiger partial charge in [0.2, 0.25) is 0 Å². The van der Waals surface area contributed by atoms with Crippen LogP contribution in [0.4, 0.5) is 0 Å². The van der Waals surface area contributed by atoms with E-state index in [-0.39, 0.29) is 11.6 Å². The second-order valence-electron chi connectivity index (χ2n) is 4.95. The average Bonchev–Trinajstić information content (AvgIpc) is 2.85. The van der Waals surface area contributed by atoms with E-state index in [1.54, 1.807) is 18.2 Å². The molecule has 0 aliphatic rings. The highest BCUT2D eigenvalue weighted by molar-refractivity contribution is 5.97. The van der Waals surface area contributed by atoms with E-state index in [1.165, 1.54) is 0 Å². The summed E-state index contributed by atoms with van der Waals surface area (Å²) in [5.74, 6) is -0.165. The van der Waals surface area contributed by atoms with Crippen molar-refractivity contribution in [2.24, 2.45) is 0 Å². The minimum absolute atomic E-state index is 0.165. The fourth-order valence-corrected chi connectivity index (χ4v) is 2.26. The number of hydrogen-bond donors (Lipinski definition) is 3. The van der Waals surface area contributed by atoms with Gasteiger partial charge in [0.15, 0.2) is 0 Å². The molecule has 0 aliphatic heterocycles. The SMILES string of the molecule is Cc1ccccc1CNC(=O)c1ccc2[nH]c(=O)[nH]c2c1. The lowest BCUT2D eigenvalue weighted by atomic mass is 10.1. The molecule has 0 saturated heterocycles. The van der Waals surface area contributed by atoms with E-state index < -0.39 is 0 Å². The third-order valence-corrected chi connectivity index (χ3v) is 3.48. The van der Waals surface area contributed by atoms with Gasteiger partial charge >= 0.3 is 5.69 Å². The van der Waals surface area contributed by atoms with E-state index in [4.69, 9.17) is 0 Å². The van der Waals surface area contributed by atoms with E-state index in [0.29, 0.717) is 23.1 Å². The third-order valence-electron chi connectivity index (χ3n) is 3.48. The summed E-state index contributed by atoms with van der Waals surface area (Å²) in [6.07, 6.45) is 0. The van der Waals surface area contributed by atoms with Crippen molar-refractivity contribution in [2.45, 2.75) is 13.5 Å². The molecule has 0 aliphatic carbocycles. The van der Waals surface area contributed by atoms with Gasteiger partial charge in [-0.05, 0) is 36.2 Å². The van der Waals surface area contributed by atoms with Gasteiger partial charge in [-0.3, -0.25) is 4.79 Å². The Morgan fingerprint density at radius 3 is 2.67 bits per heavy atom. The predicted octanol–water partition coefficient (Wildman–Crippen LogP) is 2.09. The lowest BCUT2D eigenvalue weighted by molar-refractivity contribution is 0.0951. The molecule has 21 heavy (non-hydrogen) atoms. The van der Waals surface area contributed by atoms with Crippen LogP contribution in [0, 0.1) is 6.92 Å². The predicted molar refractivity (Wildman–Crippen MR) is 81.3 cm³/mol. The Bertz CT molecular complexity index is 861. The molecule has 1 aromatic heterocycles. The number of aromatic amines is 2. The molecule has 5 heteroatoms. The number of fused-ring (bicyclic) bond motifs is 1. The molecule has 0 spiro atoms. The van der Waals surface area contributed by atoms with E-state index >= 15 is 0 Å². The third kappa shape index (κ3) is 2.72. The summed E-state index contributed by atoms with van der Waals surface area (Å²) in [6, 6.07) is 13.0. The first-order chi connectivity index (χ1) is 10.1. The zero-order valence-corrected chi connectivity index (χ0v) is 11.6. The molecule has 106 valence electrons. The lowest BCUT2D eigenvalue weighted by Gasteiger charge is -2.08. The number of carbonyl (C=O) groups is 1. The van der Waals surface area contributed by atoms with Gasteiger partial charge < -0.3 is 15.3 Å². The molecule has 0 fully saturated rings. The number of benzene rings is 2. The van der Waals surface area contributed by atoms with Crippen LogP contribution in [0.5, 0.6) is 0 Å². The number of imidazole rings is 1. The molecule has 5 nitrogen and oxygen atoms in total. The Kier molecular flexibility index (Phi) is 3.31. The quantitative estimate of drug-likeness (QED) is 0.687. The maximum Gasteiger partial charge on any atom is 0.323 e. The number of amides is 1. The monoisotopic (exact) mass is 281 g/mol. The minimum atomic E-state index is -0.275. The summed E-state index contributed by atoms with van der Waals surface area (Å²) in [6.45, 7) is 2.49. The van der Waals surface area contributed by atoms with Crippen LogP contribution in [0.2, 0.25) is 0 Å². The first kappa shape index (κ1) is 13.2. The van der Waals surface area contributed by atoms with Crippen LogP contribution in [0.3, 0.4) is 0 Å².